The fraction of sp³-hybridized carbons (Fsp3) is 0.333. The molecule has 0 aliphatic carbocycles. The molecule has 0 spiro atoms. The number of hydrogen-bond acceptors (Lipinski definition) is 4. The molecule has 0 saturated carbocycles. The normalized spacial score (nSPS) is 23.9. The average molecular weight is 366 g/mol. The molecule has 3 atom stereocenters. The highest BCUT2D eigenvalue weighted by molar-refractivity contribution is 5.92. The fourth-order valence-corrected chi connectivity index (χ4v) is 4.24. The number of hydrogen-bond donors (Lipinski definition) is 2. The summed E-state index contributed by atoms with van der Waals surface area (Å²) < 4.78 is 5.79. The minimum absolute atomic E-state index is 0.0222. The van der Waals surface area contributed by atoms with Gasteiger partial charge in [0.25, 0.3) is 0 Å². The molecule has 2 aromatic rings. The number of anilines is 1. The number of aliphatic carboxylic acids is 1. The zero-order chi connectivity index (χ0) is 18.8. The molecule has 3 unspecified atom stereocenters. The molecule has 2 fully saturated rings. The van der Waals surface area contributed by atoms with Crippen LogP contribution in [0.3, 0.4) is 0 Å². The Kier molecular flexibility index (Phi) is 4.81. The molecule has 0 aromatic heterocycles. The third kappa shape index (κ3) is 3.80. The number of para-hydroxylation sites is 1. The van der Waals surface area contributed by atoms with Gasteiger partial charge < -0.3 is 15.2 Å². The number of carbonyl (C=O) groups is 2. The van der Waals surface area contributed by atoms with Gasteiger partial charge in [0.2, 0.25) is 5.91 Å². The summed E-state index contributed by atoms with van der Waals surface area (Å²) in [5, 5.41) is 12.2. The van der Waals surface area contributed by atoms with Crippen LogP contribution in [0.15, 0.2) is 54.6 Å². The van der Waals surface area contributed by atoms with E-state index in [2.05, 4.69) is 10.2 Å². The Morgan fingerprint density at radius 3 is 2.59 bits per heavy atom. The van der Waals surface area contributed by atoms with Gasteiger partial charge >= 0.3 is 5.97 Å². The fourth-order valence-electron chi connectivity index (χ4n) is 4.24. The van der Waals surface area contributed by atoms with Crippen LogP contribution in [0.1, 0.15) is 19.3 Å². The van der Waals surface area contributed by atoms with E-state index in [0.29, 0.717) is 17.9 Å². The Morgan fingerprint density at radius 1 is 1.07 bits per heavy atom. The van der Waals surface area contributed by atoms with Crippen molar-refractivity contribution in [3.8, 4) is 11.5 Å². The Hall–Kier alpha value is -2.86. The molecular weight excluding hydrogens is 344 g/mol. The van der Waals surface area contributed by atoms with Crippen LogP contribution >= 0.6 is 0 Å². The Labute approximate surface area is 157 Å². The molecule has 6 heteroatoms. The number of carboxylic acid groups (broad SMARTS) is 1. The van der Waals surface area contributed by atoms with Crippen LogP contribution in [0.5, 0.6) is 11.5 Å². The second kappa shape index (κ2) is 7.40. The van der Waals surface area contributed by atoms with E-state index >= 15 is 0 Å². The van der Waals surface area contributed by atoms with Crippen LogP contribution < -0.4 is 10.1 Å². The third-order valence-corrected chi connectivity index (χ3v) is 5.42. The van der Waals surface area contributed by atoms with Gasteiger partial charge in [-0.3, -0.25) is 14.5 Å². The first-order valence-corrected chi connectivity index (χ1v) is 9.21. The van der Waals surface area contributed by atoms with Crippen molar-refractivity contribution in [2.45, 2.75) is 31.3 Å². The van der Waals surface area contributed by atoms with E-state index in [0.717, 1.165) is 18.6 Å². The average Bonchev–Trinajstić information content (AvgIpc) is 3.19. The number of fused-ring (bicyclic) bond motifs is 2. The van der Waals surface area contributed by atoms with Crippen LogP contribution in [0.4, 0.5) is 5.69 Å². The van der Waals surface area contributed by atoms with Crippen molar-refractivity contribution in [3.63, 3.8) is 0 Å². The molecule has 2 aliphatic heterocycles. The van der Waals surface area contributed by atoms with Crippen molar-refractivity contribution in [1.29, 1.82) is 0 Å². The van der Waals surface area contributed by atoms with E-state index in [-0.39, 0.29) is 30.5 Å². The van der Waals surface area contributed by atoms with Crippen molar-refractivity contribution in [3.05, 3.63) is 54.6 Å². The van der Waals surface area contributed by atoms with Crippen molar-refractivity contribution in [2.75, 3.05) is 11.9 Å². The quantitative estimate of drug-likeness (QED) is 0.820. The van der Waals surface area contributed by atoms with Crippen LogP contribution in [0.25, 0.3) is 0 Å². The zero-order valence-corrected chi connectivity index (χ0v) is 14.9. The van der Waals surface area contributed by atoms with Gasteiger partial charge in [0, 0.05) is 23.8 Å². The second-order valence-electron chi connectivity index (χ2n) is 7.14. The van der Waals surface area contributed by atoms with Crippen LogP contribution in [-0.4, -0.2) is 40.5 Å². The lowest BCUT2D eigenvalue weighted by Gasteiger charge is -2.22. The number of amides is 1. The maximum absolute atomic E-state index is 12.5. The molecule has 2 saturated heterocycles. The minimum atomic E-state index is -0.752. The summed E-state index contributed by atoms with van der Waals surface area (Å²) in [6, 6.07) is 16.9. The van der Waals surface area contributed by atoms with Gasteiger partial charge in [0.05, 0.1) is 12.5 Å². The number of carbonyl (C=O) groups excluding carboxylic acids is 1. The first kappa shape index (κ1) is 17.5. The number of nitrogens with one attached hydrogen (secondary N) is 1. The lowest BCUT2D eigenvalue weighted by atomic mass is 9.89. The molecule has 0 radical (unpaired) electrons. The molecule has 1 amide bonds. The maximum atomic E-state index is 12.5. The number of benzene rings is 2. The van der Waals surface area contributed by atoms with Crippen LogP contribution in [0, 0.1) is 5.92 Å². The molecule has 140 valence electrons. The third-order valence-electron chi connectivity index (χ3n) is 5.42. The smallest absolute Gasteiger partial charge is 0.308 e. The number of rotatable bonds is 6. The monoisotopic (exact) mass is 366 g/mol. The van der Waals surface area contributed by atoms with E-state index in [1.807, 2.05) is 48.5 Å². The van der Waals surface area contributed by atoms with Crippen LogP contribution in [-0.2, 0) is 9.59 Å². The van der Waals surface area contributed by atoms with Gasteiger partial charge in [-0.05, 0) is 43.5 Å². The summed E-state index contributed by atoms with van der Waals surface area (Å²) in [5.74, 6) is 0.146. The SMILES string of the molecule is O=C(CN1C2CCC1C(C(=O)O)C2)Nc1cccc(Oc2ccccc2)c1. The molecule has 27 heavy (non-hydrogen) atoms. The predicted octanol–water partition coefficient (Wildman–Crippen LogP) is 3.35. The molecule has 6 nitrogen and oxygen atoms in total. The molecule has 2 heterocycles. The predicted molar refractivity (Wildman–Crippen MR) is 101 cm³/mol. The Bertz CT molecular complexity index is 839. The zero-order valence-electron chi connectivity index (χ0n) is 14.9. The van der Waals surface area contributed by atoms with Crippen LogP contribution in [0.2, 0.25) is 0 Å². The number of ether oxygens (including phenoxy) is 1. The molecule has 2 bridgehead atoms. The molecule has 4 rings (SSSR count). The second-order valence-corrected chi connectivity index (χ2v) is 7.14. The number of carboxylic acids is 1. The van der Waals surface area contributed by atoms with Gasteiger partial charge in [-0.1, -0.05) is 24.3 Å². The topological polar surface area (TPSA) is 78.9 Å². The van der Waals surface area contributed by atoms with E-state index in [4.69, 9.17) is 4.74 Å². The van der Waals surface area contributed by atoms with Gasteiger partial charge in [0.1, 0.15) is 11.5 Å². The highest BCUT2D eigenvalue weighted by Crippen LogP contribution is 2.41. The number of nitrogens with zero attached hydrogens (tertiary/aromatic N) is 1. The van der Waals surface area contributed by atoms with E-state index in [1.54, 1.807) is 6.07 Å². The summed E-state index contributed by atoms with van der Waals surface area (Å²) in [7, 11) is 0. The highest BCUT2D eigenvalue weighted by Gasteiger charge is 2.49. The van der Waals surface area contributed by atoms with Crippen molar-refractivity contribution in [1.82, 2.24) is 4.90 Å². The van der Waals surface area contributed by atoms with Crippen molar-refractivity contribution < 1.29 is 19.4 Å². The molecule has 2 N–H and O–H groups in total. The maximum Gasteiger partial charge on any atom is 0.308 e. The summed E-state index contributed by atoms with van der Waals surface area (Å²) in [4.78, 5) is 25.9. The molecular formula is C21H22N2O4. The highest BCUT2D eigenvalue weighted by atomic mass is 16.5. The van der Waals surface area contributed by atoms with Gasteiger partial charge in [-0.15, -0.1) is 0 Å². The van der Waals surface area contributed by atoms with E-state index in [9.17, 15) is 14.7 Å². The van der Waals surface area contributed by atoms with Crippen molar-refractivity contribution in [2.24, 2.45) is 5.92 Å². The standard InChI is InChI=1S/C21H22N2O4/c24-20(13-23-15-9-10-19(23)18(12-15)21(25)26)22-14-5-4-8-17(11-14)27-16-6-2-1-3-7-16/h1-8,11,15,18-19H,9-10,12-13H2,(H,22,24)(H,25,26). The Balaban J connectivity index is 1.37. The summed E-state index contributed by atoms with van der Waals surface area (Å²) in [6.07, 6.45) is 2.48. The van der Waals surface area contributed by atoms with Gasteiger partial charge in [-0.2, -0.15) is 0 Å². The largest absolute Gasteiger partial charge is 0.481 e. The minimum Gasteiger partial charge on any atom is -0.481 e. The van der Waals surface area contributed by atoms with Gasteiger partial charge in [-0.25, -0.2) is 0 Å². The van der Waals surface area contributed by atoms with Gasteiger partial charge in [0.15, 0.2) is 0 Å². The van der Waals surface area contributed by atoms with E-state index < -0.39 is 5.97 Å². The first-order chi connectivity index (χ1) is 13.1. The lowest BCUT2D eigenvalue weighted by molar-refractivity contribution is -0.142. The van der Waals surface area contributed by atoms with Crippen molar-refractivity contribution >= 4 is 17.6 Å². The summed E-state index contributed by atoms with van der Waals surface area (Å²) in [6.45, 7) is 0.225. The Morgan fingerprint density at radius 2 is 1.85 bits per heavy atom. The molecule has 2 aliphatic rings. The first-order valence-electron chi connectivity index (χ1n) is 9.21. The molecule has 2 aromatic carbocycles. The summed E-state index contributed by atoms with van der Waals surface area (Å²) in [5.41, 5.74) is 0.662. The lowest BCUT2D eigenvalue weighted by Crippen LogP contribution is -2.38. The summed E-state index contributed by atoms with van der Waals surface area (Å²) >= 11 is 0. The van der Waals surface area contributed by atoms with E-state index in [1.165, 1.54) is 0 Å².